The molecule has 0 fully saturated rings. The van der Waals surface area contributed by atoms with Crippen LogP contribution in [-0.2, 0) is 32.7 Å². The zero-order valence-electron chi connectivity index (χ0n) is 33.9. The molecule has 0 rings (SSSR count). The largest absolute Gasteiger partial charge is 0.756 e. The normalized spacial score (nSPS) is 14.9. The number of nitrogens with zero attached hydrogens (tertiary/aromatic N) is 1. The molecule has 0 aromatic rings. The van der Waals surface area contributed by atoms with E-state index < -0.39 is 32.5 Å². The topological polar surface area (TPSA) is 111 Å². The molecule has 2 unspecified atom stereocenters. The molecule has 0 aliphatic heterocycles. The van der Waals surface area contributed by atoms with Gasteiger partial charge in [0.15, 0.2) is 6.10 Å². The number of carbonyl (C=O) groups is 2. The summed E-state index contributed by atoms with van der Waals surface area (Å²) in [4.78, 5) is 37.3. The summed E-state index contributed by atoms with van der Waals surface area (Å²) in [5.41, 5.74) is 0. The number of phosphoric acid groups is 1. The van der Waals surface area contributed by atoms with Crippen molar-refractivity contribution in [3.05, 3.63) is 109 Å². The number of allylic oxidation sites excluding steroid dienone is 17. The van der Waals surface area contributed by atoms with Crippen molar-refractivity contribution in [3.8, 4) is 0 Å². The third kappa shape index (κ3) is 38.4. The SMILES string of the molecule is CC/C=C\C/C=C\C/C=C\C/C=C\C/C=C\CC(=O)OC(COC(=O)CCCC/C=C\C/C=C\C/C=C\C/C=C\CC)COP(=O)([O-])OCC[N+](C)(C)C. The number of phosphoric ester groups is 1. The molecule has 0 aromatic heterocycles. The van der Waals surface area contributed by atoms with Gasteiger partial charge in [-0.1, -0.05) is 123 Å². The fourth-order valence-electron chi connectivity index (χ4n) is 4.31. The van der Waals surface area contributed by atoms with Crippen LogP contribution in [0.15, 0.2) is 109 Å². The van der Waals surface area contributed by atoms with Crippen molar-refractivity contribution in [2.24, 2.45) is 0 Å². The van der Waals surface area contributed by atoms with Crippen molar-refractivity contribution >= 4 is 19.8 Å². The molecule has 0 bridgehead atoms. The third-order valence-corrected chi connectivity index (χ3v) is 8.29. The van der Waals surface area contributed by atoms with Gasteiger partial charge in [-0.25, -0.2) is 0 Å². The van der Waals surface area contributed by atoms with Crippen molar-refractivity contribution in [1.29, 1.82) is 0 Å². The lowest BCUT2D eigenvalue weighted by atomic mass is 10.2. The number of likely N-dealkylation sites (N-methyl/N-ethyl adjacent to an activating group) is 1. The first-order valence-electron chi connectivity index (χ1n) is 19.6. The fourth-order valence-corrected chi connectivity index (χ4v) is 5.03. The predicted molar refractivity (Wildman–Crippen MR) is 221 cm³/mol. The summed E-state index contributed by atoms with van der Waals surface area (Å²) in [6.07, 6.45) is 47.3. The maximum Gasteiger partial charge on any atom is 0.310 e. The maximum atomic E-state index is 12.6. The Hall–Kier alpha value is -3.33. The van der Waals surface area contributed by atoms with Gasteiger partial charge in [-0.3, -0.25) is 14.2 Å². The molecule has 2 atom stereocenters. The van der Waals surface area contributed by atoms with Crippen LogP contribution in [0, 0.1) is 0 Å². The average Bonchev–Trinajstić information content (AvgIpc) is 3.12. The van der Waals surface area contributed by atoms with Crippen molar-refractivity contribution in [3.63, 3.8) is 0 Å². The van der Waals surface area contributed by atoms with Crippen molar-refractivity contribution < 1.29 is 42.1 Å². The van der Waals surface area contributed by atoms with Gasteiger partial charge in [0.1, 0.15) is 19.8 Å². The van der Waals surface area contributed by atoms with E-state index in [0.717, 1.165) is 64.2 Å². The molecule has 304 valence electrons. The maximum absolute atomic E-state index is 12.6. The van der Waals surface area contributed by atoms with Crippen LogP contribution in [0.25, 0.3) is 0 Å². The minimum absolute atomic E-state index is 0.0235. The van der Waals surface area contributed by atoms with E-state index in [1.807, 2.05) is 33.3 Å². The van der Waals surface area contributed by atoms with E-state index in [0.29, 0.717) is 23.9 Å². The molecular formula is C44H70NO8P. The first-order valence-corrected chi connectivity index (χ1v) is 21.1. The van der Waals surface area contributed by atoms with Crippen LogP contribution in [0.1, 0.15) is 104 Å². The number of unbranched alkanes of at least 4 members (excludes halogenated alkanes) is 2. The lowest BCUT2D eigenvalue weighted by Gasteiger charge is -2.28. The van der Waals surface area contributed by atoms with Crippen molar-refractivity contribution in [2.75, 3.05) is 47.5 Å². The van der Waals surface area contributed by atoms with E-state index in [1.54, 1.807) is 6.08 Å². The quantitative estimate of drug-likeness (QED) is 0.0213. The molecule has 0 amide bonds. The van der Waals surface area contributed by atoms with E-state index in [-0.39, 0.29) is 26.1 Å². The Balaban J connectivity index is 4.67. The molecular weight excluding hydrogens is 701 g/mol. The van der Waals surface area contributed by atoms with Crippen LogP contribution in [0.4, 0.5) is 0 Å². The fraction of sp³-hybridized carbons (Fsp3) is 0.545. The summed E-state index contributed by atoms with van der Waals surface area (Å²) in [5.74, 6) is -1.05. The molecule has 0 aromatic carbocycles. The number of hydrogen-bond donors (Lipinski definition) is 0. The highest BCUT2D eigenvalue weighted by Gasteiger charge is 2.21. The summed E-state index contributed by atoms with van der Waals surface area (Å²) < 4.78 is 33.6. The van der Waals surface area contributed by atoms with Gasteiger partial charge in [-0.2, -0.15) is 0 Å². The highest BCUT2D eigenvalue weighted by Crippen LogP contribution is 2.38. The average molecular weight is 772 g/mol. The summed E-state index contributed by atoms with van der Waals surface area (Å²) >= 11 is 0. The number of rotatable bonds is 33. The Labute approximate surface area is 327 Å². The second-order valence-corrected chi connectivity index (χ2v) is 15.0. The third-order valence-electron chi connectivity index (χ3n) is 7.32. The van der Waals surface area contributed by atoms with Crippen LogP contribution < -0.4 is 4.89 Å². The first kappa shape index (κ1) is 50.7. The van der Waals surface area contributed by atoms with Crippen LogP contribution in [-0.4, -0.2) is 70.0 Å². The lowest BCUT2D eigenvalue weighted by molar-refractivity contribution is -0.870. The Morgan fingerprint density at radius 3 is 1.50 bits per heavy atom. The predicted octanol–water partition coefficient (Wildman–Crippen LogP) is 10.2. The van der Waals surface area contributed by atoms with Crippen LogP contribution in [0.2, 0.25) is 0 Å². The molecule has 10 heteroatoms. The second-order valence-electron chi connectivity index (χ2n) is 13.5. The molecule has 54 heavy (non-hydrogen) atoms. The number of hydrogen-bond acceptors (Lipinski definition) is 8. The molecule has 0 saturated heterocycles. The van der Waals surface area contributed by atoms with E-state index in [9.17, 15) is 19.0 Å². The molecule has 0 saturated carbocycles. The summed E-state index contributed by atoms with van der Waals surface area (Å²) in [5, 5.41) is 0. The summed E-state index contributed by atoms with van der Waals surface area (Å²) in [6.45, 7) is 3.78. The van der Waals surface area contributed by atoms with Gasteiger partial charge < -0.3 is 27.9 Å². The van der Waals surface area contributed by atoms with Crippen LogP contribution in [0.3, 0.4) is 0 Å². The van der Waals surface area contributed by atoms with Crippen LogP contribution >= 0.6 is 7.82 Å². The Bertz CT molecular complexity index is 1280. The van der Waals surface area contributed by atoms with Gasteiger partial charge in [0, 0.05) is 6.42 Å². The number of esters is 2. The van der Waals surface area contributed by atoms with Gasteiger partial charge in [-0.15, -0.1) is 0 Å². The highest BCUT2D eigenvalue weighted by atomic mass is 31.2. The second kappa shape index (κ2) is 35.4. The van der Waals surface area contributed by atoms with Crippen LogP contribution in [0.5, 0.6) is 0 Å². The molecule has 0 N–H and O–H groups in total. The van der Waals surface area contributed by atoms with Crippen molar-refractivity contribution in [2.45, 2.75) is 110 Å². The number of carbonyl (C=O) groups excluding carboxylic acids is 2. The monoisotopic (exact) mass is 771 g/mol. The lowest BCUT2D eigenvalue weighted by Crippen LogP contribution is -2.37. The zero-order valence-corrected chi connectivity index (χ0v) is 34.8. The molecule has 0 aliphatic rings. The van der Waals surface area contributed by atoms with E-state index >= 15 is 0 Å². The molecule has 0 spiro atoms. The number of quaternary nitrogens is 1. The van der Waals surface area contributed by atoms with Gasteiger partial charge >= 0.3 is 11.9 Å². The van der Waals surface area contributed by atoms with Gasteiger partial charge in [0.25, 0.3) is 7.82 Å². The Morgan fingerprint density at radius 1 is 0.593 bits per heavy atom. The Morgan fingerprint density at radius 2 is 1.04 bits per heavy atom. The standard InChI is InChI=1S/C44H70NO8P/c1-6-8-10-12-14-16-18-20-22-24-26-28-30-32-34-36-43(46)50-40-42(41-52-54(48,49)51-39-38-45(3,4)5)53-44(47)37-35-33-31-29-27-25-23-21-19-17-15-13-11-9-7-2/h8-11,14-17,20-23,26-29,33,35,42H,6-7,12-13,18-19,24-25,30-32,34,36-41H2,1-5H3/b10-8-,11-9-,16-14-,17-15-,22-20-,23-21-,28-26-,29-27-,35-33-. The van der Waals surface area contributed by atoms with E-state index in [1.165, 1.54) is 0 Å². The van der Waals surface area contributed by atoms with E-state index in [4.69, 9.17) is 18.5 Å². The minimum Gasteiger partial charge on any atom is -0.756 e. The molecule has 0 aliphatic carbocycles. The highest BCUT2D eigenvalue weighted by molar-refractivity contribution is 7.45. The molecule has 0 radical (unpaired) electrons. The molecule has 9 nitrogen and oxygen atoms in total. The van der Waals surface area contributed by atoms with Gasteiger partial charge in [-0.05, 0) is 77.0 Å². The minimum atomic E-state index is -4.66. The smallest absolute Gasteiger partial charge is 0.310 e. The number of ether oxygens (including phenoxy) is 2. The first-order chi connectivity index (χ1) is 26.0. The Kier molecular flexibility index (Phi) is 33.2. The molecule has 0 heterocycles. The van der Waals surface area contributed by atoms with E-state index in [2.05, 4.69) is 105 Å². The zero-order chi connectivity index (χ0) is 40.0. The van der Waals surface area contributed by atoms with Crippen molar-refractivity contribution in [1.82, 2.24) is 0 Å². The van der Waals surface area contributed by atoms with Gasteiger partial charge in [0.05, 0.1) is 34.2 Å². The summed E-state index contributed by atoms with van der Waals surface area (Å²) in [6, 6.07) is 0. The van der Waals surface area contributed by atoms with Gasteiger partial charge in [0.2, 0.25) is 0 Å². The summed E-state index contributed by atoms with van der Waals surface area (Å²) in [7, 11) is 1.06.